The lowest BCUT2D eigenvalue weighted by atomic mass is 10.0. The molecule has 0 aromatic carbocycles. The molecule has 4 aliphatic rings. The van der Waals surface area contributed by atoms with Crippen molar-refractivity contribution >= 4 is 119 Å². The Balaban J connectivity index is 1.06. The van der Waals surface area contributed by atoms with Crippen molar-refractivity contribution in [2.45, 2.75) is 6.92 Å². The van der Waals surface area contributed by atoms with Gasteiger partial charge >= 0.3 is 0 Å². The van der Waals surface area contributed by atoms with Crippen LogP contribution in [0.25, 0.3) is 62.6 Å². The van der Waals surface area contributed by atoms with E-state index in [1.165, 1.54) is 34.1 Å². The summed E-state index contributed by atoms with van der Waals surface area (Å²) in [4.78, 5) is 44.4. The van der Waals surface area contributed by atoms with Gasteiger partial charge in [-0.25, -0.2) is 0 Å². The Morgan fingerprint density at radius 1 is 0.522 bits per heavy atom. The minimum absolute atomic E-state index is 0.142. The highest BCUT2D eigenvalue weighted by Gasteiger charge is 2.50. The predicted molar refractivity (Wildman–Crippen MR) is 200 cm³/mol. The third kappa shape index (κ3) is 3.97. The fourth-order valence-electron chi connectivity index (χ4n) is 6.27. The van der Waals surface area contributed by atoms with Crippen LogP contribution in [0, 0.1) is 6.92 Å². The highest BCUT2D eigenvalue weighted by atomic mass is 79.9. The quantitative estimate of drug-likeness (QED) is 0.179. The molecule has 11 heteroatoms. The molecule has 4 nitrogen and oxygen atoms in total. The van der Waals surface area contributed by atoms with Gasteiger partial charge in [-0.05, 0) is 107 Å². The number of fused-ring (bicyclic) bond motifs is 7. The first-order chi connectivity index (χ1) is 22.4. The number of hydrogen-bond acceptors (Lipinski definition) is 8. The molecule has 0 fully saturated rings. The predicted octanol–water partition coefficient (Wildman–Crippen LogP) is 11.6. The van der Waals surface area contributed by atoms with Gasteiger partial charge in [-0.1, -0.05) is 0 Å². The van der Waals surface area contributed by atoms with Crippen molar-refractivity contribution in [3.63, 3.8) is 0 Å². The number of thiophene rings is 6. The summed E-state index contributed by atoms with van der Waals surface area (Å²) in [5, 5.41) is 0. The van der Waals surface area contributed by atoms with E-state index >= 15 is 0 Å². The van der Waals surface area contributed by atoms with Crippen LogP contribution in [0.2, 0.25) is 0 Å². The Kier molecular flexibility index (Phi) is 6.04. The maximum absolute atomic E-state index is 14.1. The van der Waals surface area contributed by atoms with Crippen molar-refractivity contribution in [1.82, 2.24) is 9.80 Å². The standard InChI is InChI=1S/C35H17BrN2O2S6/c1-16-2-3-19(41-16)20-4-6-23(42-20)25-14-17-10-12-37-30(32(17)45-25)28-29(35(37)40)31-33-18(11-13-38(31)34(28)39)15-26(46-33)24-7-5-21(43-24)22-8-9-27(36)44-22/h2-15H,1H3. The molecule has 222 valence electrons. The molecule has 0 unspecified atom stereocenters. The van der Waals surface area contributed by atoms with Crippen LogP contribution in [0.15, 0.2) is 88.0 Å². The Labute approximate surface area is 296 Å². The van der Waals surface area contributed by atoms with Crippen LogP contribution in [0.4, 0.5) is 0 Å². The zero-order valence-electron chi connectivity index (χ0n) is 23.6. The molecular formula is C35H17BrN2O2S6. The number of amides is 2. The number of halogens is 1. The average molecular weight is 770 g/mol. The monoisotopic (exact) mass is 768 g/mol. The summed E-state index contributed by atoms with van der Waals surface area (Å²) in [6.07, 6.45) is 7.65. The number of hydrogen-bond donors (Lipinski definition) is 0. The second-order valence-electron chi connectivity index (χ2n) is 11.1. The van der Waals surface area contributed by atoms with Gasteiger partial charge in [0.05, 0.1) is 36.1 Å². The summed E-state index contributed by atoms with van der Waals surface area (Å²) < 4.78 is 1.11. The minimum Gasteiger partial charge on any atom is -0.281 e. The molecular weight excluding hydrogens is 753 g/mol. The van der Waals surface area contributed by atoms with Crippen LogP contribution in [0.3, 0.4) is 0 Å². The smallest absolute Gasteiger partial charge is 0.265 e. The number of carbonyl (C=O) groups is 2. The van der Waals surface area contributed by atoms with Gasteiger partial charge in [-0.3, -0.25) is 19.4 Å². The average Bonchev–Trinajstić information content (AvgIpc) is 3.88. The summed E-state index contributed by atoms with van der Waals surface area (Å²) in [5.41, 5.74) is 4.51. The van der Waals surface area contributed by atoms with Crippen molar-refractivity contribution in [2.24, 2.45) is 0 Å². The van der Waals surface area contributed by atoms with Crippen LogP contribution in [0.5, 0.6) is 0 Å². The molecule has 46 heavy (non-hydrogen) atoms. The van der Waals surface area contributed by atoms with Gasteiger partial charge < -0.3 is 0 Å². The van der Waals surface area contributed by atoms with Crippen molar-refractivity contribution in [3.8, 4) is 39.0 Å². The van der Waals surface area contributed by atoms with Gasteiger partial charge in [0, 0.05) is 56.3 Å². The van der Waals surface area contributed by atoms with Crippen LogP contribution >= 0.6 is 84.0 Å². The van der Waals surface area contributed by atoms with E-state index in [4.69, 9.17) is 0 Å². The van der Waals surface area contributed by atoms with E-state index in [0.29, 0.717) is 22.5 Å². The fourth-order valence-corrected chi connectivity index (χ4v) is 13.3. The molecule has 0 saturated carbocycles. The van der Waals surface area contributed by atoms with Crippen LogP contribution in [-0.4, -0.2) is 21.6 Å². The maximum Gasteiger partial charge on any atom is 0.265 e. The largest absolute Gasteiger partial charge is 0.281 e. The normalized spacial score (nSPS) is 16.1. The summed E-state index contributed by atoms with van der Waals surface area (Å²) in [7, 11) is 0. The van der Waals surface area contributed by atoms with E-state index in [-0.39, 0.29) is 11.8 Å². The Morgan fingerprint density at radius 3 is 1.41 bits per heavy atom. The Bertz CT molecular complexity index is 2300. The van der Waals surface area contributed by atoms with Crippen LogP contribution < -0.4 is 0 Å². The summed E-state index contributed by atoms with van der Waals surface area (Å²) in [6.45, 7) is 2.13. The Hall–Kier alpha value is -3.42. The van der Waals surface area contributed by atoms with E-state index in [0.717, 1.165) is 34.4 Å². The van der Waals surface area contributed by atoms with Crippen molar-refractivity contribution in [3.05, 3.63) is 114 Å². The first-order valence-electron chi connectivity index (χ1n) is 14.2. The van der Waals surface area contributed by atoms with E-state index in [2.05, 4.69) is 83.5 Å². The SMILES string of the molecule is Cc1ccc(-c2ccc(-c3cc4c(s3)C3=C5C(=O)N6C=Cc7cc(-c8ccc(-c9ccc(Br)s9)s8)sc7C6=C5C(=O)N3C=C4)s2)s1. The lowest BCUT2D eigenvalue weighted by Crippen LogP contribution is -2.25. The molecule has 0 aliphatic carbocycles. The van der Waals surface area contributed by atoms with Crippen molar-refractivity contribution < 1.29 is 9.59 Å². The molecule has 0 bridgehead atoms. The van der Waals surface area contributed by atoms with Crippen LogP contribution in [0.1, 0.15) is 25.8 Å². The molecule has 0 radical (unpaired) electrons. The van der Waals surface area contributed by atoms with Gasteiger partial charge in [0.1, 0.15) is 0 Å². The lowest BCUT2D eigenvalue weighted by Gasteiger charge is -2.24. The second-order valence-corrected chi connectivity index (χ2v) is 19.1. The van der Waals surface area contributed by atoms with E-state index < -0.39 is 0 Å². The number of nitrogens with zero attached hydrogens (tertiary/aromatic N) is 2. The topological polar surface area (TPSA) is 40.6 Å². The summed E-state index contributed by atoms with van der Waals surface area (Å²) in [6, 6.07) is 21.6. The molecule has 2 amide bonds. The maximum atomic E-state index is 14.1. The van der Waals surface area contributed by atoms with E-state index in [1.807, 2.05) is 24.6 Å². The molecule has 10 heterocycles. The molecule has 0 atom stereocenters. The number of carbonyl (C=O) groups excluding carboxylic acids is 2. The molecule has 0 spiro atoms. The van der Waals surface area contributed by atoms with Crippen LogP contribution in [-0.2, 0) is 9.59 Å². The molecule has 6 aromatic rings. The number of aryl methyl sites for hydroxylation is 1. The minimum atomic E-state index is -0.142. The van der Waals surface area contributed by atoms with E-state index in [1.54, 1.807) is 77.8 Å². The molecule has 0 N–H and O–H groups in total. The van der Waals surface area contributed by atoms with Gasteiger partial charge in [-0.15, -0.1) is 68.0 Å². The first kappa shape index (κ1) is 27.7. The first-order valence-corrected chi connectivity index (χ1v) is 19.9. The molecule has 6 aromatic heterocycles. The van der Waals surface area contributed by atoms with E-state index in [9.17, 15) is 9.59 Å². The summed E-state index contributed by atoms with van der Waals surface area (Å²) in [5.74, 6) is -0.283. The molecule has 4 aliphatic heterocycles. The van der Waals surface area contributed by atoms with Crippen molar-refractivity contribution in [2.75, 3.05) is 0 Å². The third-order valence-electron chi connectivity index (χ3n) is 8.33. The van der Waals surface area contributed by atoms with Gasteiger partial charge in [0.2, 0.25) is 0 Å². The fraction of sp³-hybridized carbons (Fsp3) is 0.0286. The zero-order chi connectivity index (χ0) is 30.8. The Morgan fingerprint density at radius 2 is 0.957 bits per heavy atom. The zero-order valence-corrected chi connectivity index (χ0v) is 30.1. The van der Waals surface area contributed by atoms with Gasteiger partial charge in [-0.2, -0.15) is 0 Å². The highest BCUT2D eigenvalue weighted by Crippen LogP contribution is 2.55. The number of rotatable bonds is 4. The second kappa shape index (κ2) is 10.0. The van der Waals surface area contributed by atoms with Gasteiger partial charge in [0.15, 0.2) is 0 Å². The van der Waals surface area contributed by atoms with Crippen molar-refractivity contribution in [1.29, 1.82) is 0 Å². The summed E-state index contributed by atoms with van der Waals surface area (Å²) >= 11 is 13.9. The molecule has 0 saturated heterocycles. The molecule has 10 rings (SSSR count). The van der Waals surface area contributed by atoms with Gasteiger partial charge in [0.25, 0.3) is 11.8 Å². The lowest BCUT2D eigenvalue weighted by molar-refractivity contribution is -0.122. The third-order valence-corrected chi connectivity index (χ3v) is 16.2. The highest BCUT2D eigenvalue weighted by molar-refractivity contribution is 9.11.